The number of nitrogens with one attached hydrogen (secondary N) is 1. The number of hydrogen-bond donors (Lipinski definition) is 2. The molecule has 1 fully saturated rings. The maximum Gasteiger partial charge on any atom is 0.336 e. The average molecular weight is 327 g/mol. The fourth-order valence-electron chi connectivity index (χ4n) is 3.45. The third-order valence-corrected chi connectivity index (χ3v) is 4.64. The standard InChI is InChI=1S/C19H25N3O2/c1-14-6-4-10-22(13-14)11-5-9-20-18-12-16(19(23)24)15-7-2-3-8-17(15)21-18/h2-3,7-8,12,14H,4-6,9-11,13H2,1H3,(H,20,21)(H,23,24). The van der Waals surface area contributed by atoms with E-state index in [1.807, 2.05) is 18.2 Å². The second-order valence-corrected chi connectivity index (χ2v) is 6.71. The van der Waals surface area contributed by atoms with Gasteiger partial charge in [-0.05, 0) is 50.4 Å². The maximum absolute atomic E-state index is 11.5. The third kappa shape index (κ3) is 4.03. The summed E-state index contributed by atoms with van der Waals surface area (Å²) in [6.07, 6.45) is 3.67. The van der Waals surface area contributed by atoms with E-state index in [1.54, 1.807) is 12.1 Å². The van der Waals surface area contributed by atoms with Gasteiger partial charge in [0.05, 0.1) is 11.1 Å². The Morgan fingerprint density at radius 1 is 1.42 bits per heavy atom. The van der Waals surface area contributed by atoms with Crippen molar-refractivity contribution >= 4 is 22.7 Å². The van der Waals surface area contributed by atoms with Crippen LogP contribution >= 0.6 is 0 Å². The smallest absolute Gasteiger partial charge is 0.336 e. The van der Waals surface area contributed by atoms with Crippen LogP contribution in [-0.4, -0.2) is 47.1 Å². The predicted octanol–water partition coefficient (Wildman–Crippen LogP) is 3.47. The Labute approximate surface area is 142 Å². The molecule has 5 nitrogen and oxygen atoms in total. The zero-order valence-electron chi connectivity index (χ0n) is 14.2. The molecule has 1 aromatic carbocycles. The molecule has 1 aromatic heterocycles. The van der Waals surface area contributed by atoms with Crippen LogP contribution < -0.4 is 5.32 Å². The van der Waals surface area contributed by atoms with Gasteiger partial charge in [-0.25, -0.2) is 9.78 Å². The molecule has 24 heavy (non-hydrogen) atoms. The highest BCUT2D eigenvalue weighted by Crippen LogP contribution is 2.21. The molecule has 1 saturated heterocycles. The highest BCUT2D eigenvalue weighted by Gasteiger charge is 2.15. The number of hydrogen-bond acceptors (Lipinski definition) is 4. The molecule has 0 radical (unpaired) electrons. The second kappa shape index (κ2) is 7.62. The molecule has 2 aromatic rings. The molecule has 0 amide bonds. The van der Waals surface area contributed by atoms with Crippen molar-refractivity contribution in [3.8, 4) is 0 Å². The SMILES string of the molecule is CC1CCCN(CCCNc2cc(C(=O)O)c3ccccc3n2)C1. The number of carbonyl (C=O) groups is 1. The number of anilines is 1. The van der Waals surface area contributed by atoms with E-state index < -0.39 is 5.97 Å². The lowest BCUT2D eigenvalue weighted by Crippen LogP contribution is -2.35. The Morgan fingerprint density at radius 3 is 3.04 bits per heavy atom. The first-order valence-electron chi connectivity index (χ1n) is 8.73. The van der Waals surface area contributed by atoms with Crippen molar-refractivity contribution in [2.75, 3.05) is 31.5 Å². The van der Waals surface area contributed by atoms with Gasteiger partial charge in [0, 0.05) is 18.5 Å². The molecule has 0 saturated carbocycles. The van der Waals surface area contributed by atoms with Crippen molar-refractivity contribution in [3.63, 3.8) is 0 Å². The Balaban J connectivity index is 1.60. The van der Waals surface area contributed by atoms with Crippen LogP contribution in [0.1, 0.15) is 36.5 Å². The normalized spacial score (nSPS) is 18.6. The van der Waals surface area contributed by atoms with Crippen molar-refractivity contribution in [1.82, 2.24) is 9.88 Å². The molecule has 0 spiro atoms. The average Bonchev–Trinajstić information content (AvgIpc) is 2.58. The number of nitrogens with zero attached hydrogens (tertiary/aromatic N) is 2. The summed E-state index contributed by atoms with van der Waals surface area (Å²) in [5.74, 6) is 0.518. The molecule has 2 N–H and O–H groups in total. The van der Waals surface area contributed by atoms with Gasteiger partial charge in [-0.15, -0.1) is 0 Å². The molecule has 128 valence electrons. The van der Waals surface area contributed by atoms with E-state index in [1.165, 1.54) is 25.9 Å². The summed E-state index contributed by atoms with van der Waals surface area (Å²) in [6.45, 7) is 6.59. The minimum Gasteiger partial charge on any atom is -0.478 e. The molecule has 2 heterocycles. The molecular weight excluding hydrogens is 302 g/mol. The molecule has 1 unspecified atom stereocenters. The van der Waals surface area contributed by atoms with E-state index in [2.05, 4.69) is 22.1 Å². The largest absolute Gasteiger partial charge is 0.478 e. The first kappa shape index (κ1) is 16.7. The second-order valence-electron chi connectivity index (χ2n) is 6.71. The number of benzene rings is 1. The van der Waals surface area contributed by atoms with Gasteiger partial charge in [0.2, 0.25) is 0 Å². The molecule has 1 aliphatic rings. The van der Waals surface area contributed by atoms with E-state index in [4.69, 9.17) is 0 Å². The lowest BCUT2D eigenvalue weighted by molar-refractivity contribution is 0.0699. The van der Waals surface area contributed by atoms with Crippen LogP contribution in [0.4, 0.5) is 5.82 Å². The lowest BCUT2D eigenvalue weighted by atomic mass is 10.0. The molecule has 1 atom stereocenters. The zero-order valence-corrected chi connectivity index (χ0v) is 14.2. The first-order chi connectivity index (χ1) is 11.6. The third-order valence-electron chi connectivity index (χ3n) is 4.64. The van der Waals surface area contributed by atoms with Gasteiger partial charge >= 0.3 is 5.97 Å². The van der Waals surface area contributed by atoms with Crippen molar-refractivity contribution in [2.45, 2.75) is 26.2 Å². The van der Waals surface area contributed by atoms with Gasteiger partial charge in [0.1, 0.15) is 5.82 Å². The summed E-state index contributed by atoms with van der Waals surface area (Å²) in [5, 5.41) is 13.4. The molecule has 1 aliphatic heterocycles. The van der Waals surface area contributed by atoms with Crippen molar-refractivity contribution in [2.24, 2.45) is 5.92 Å². The van der Waals surface area contributed by atoms with Crippen LogP contribution in [0.15, 0.2) is 30.3 Å². The number of piperidine rings is 1. The summed E-state index contributed by atoms with van der Waals surface area (Å²) in [7, 11) is 0. The highest BCUT2D eigenvalue weighted by atomic mass is 16.4. The van der Waals surface area contributed by atoms with Crippen LogP contribution in [0.5, 0.6) is 0 Å². The summed E-state index contributed by atoms with van der Waals surface area (Å²) in [4.78, 5) is 18.5. The van der Waals surface area contributed by atoms with Crippen molar-refractivity contribution < 1.29 is 9.90 Å². The Hall–Kier alpha value is -2.14. The van der Waals surface area contributed by atoms with E-state index in [-0.39, 0.29) is 0 Å². The van der Waals surface area contributed by atoms with Crippen LogP contribution in [-0.2, 0) is 0 Å². The zero-order chi connectivity index (χ0) is 16.9. The van der Waals surface area contributed by atoms with Gasteiger partial charge in [-0.3, -0.25) is 0 Å². The Kier molecular flexibility index (Phi) is 5.30. The number of carboxylic acid groups (broad SMARTS) is 1. The summed E-state index contributed by atoms with van der Waals surface area (Å²) >= 11 is 0. The predicted molar refractivity (Wildman–Crippen MR) is 96.6 cm³/mol. The van der Waals surface area contributed by atoms with Crippen LogP contribution in [0.2, 0.25) is 0 Å². The van der Waals surface area contributed by atoms with Crippen LogP contribution in [0, 0.1) is 5.92 Å². The number of likely N-dealkylation sites (tertiary alicyclic amines) is 1. The summed E-state index contributed by atoms with van der Waals surface area (Å²) < 4.78 is 0. The lowest BCUT2D eigenvalue weighted by Gasteiger charge is -2.30. The van der Waals surface area contributed by atoms with E-state index >= 15 is 0 Å². The number of aromatic nitrogens is 1. The molecule has 3 rings (SSSR count). The van der Waals surface area contributed by atoms with Gasteiger partial charge in [-0.1, -0.05) is 25.1 Å². The number of carboxylic acids is 1. The maximum atomic E-state index is 11.5. The van der Waals surface area contributed by atoms with Gasteiger partial charge < -0.3 is 15.3 Å². The molecule has 0 bridgehead atoms. The number of pyridine rings is 1. The Bertz CT molecular complexity index is 717. The van der Waals surface area contributed by atoms with Crippen molar-refractivity contribution in [3.05, 3.63) is 35.9 Å². The number of aromatic carboxylic acids is 1. The number of para-hydroxylation sites is 1. The molecule has 5 heteroatoms. The summed E-state index contributed by atoms with van der Waals surface area (Å²) in [5.41, 5.74) is 1.01. The van der Waals surface area contributed by atoms with E-state index in [9.17, 15) is 9.90 Å². The minimum absolute atomic E-state index is 0.299. The number of fused-ring (bicyclic) bond motifs is 1. The Morgan fingerprint density at radius 2 is 2.25 bits per heavy atom. The fourth-order valence-corrected chi connectivity index (χ4v) is 3.45. The van der Waals surface area contributed by atoms with Gasteiger partial charge in [0.15, 0.2) is 0 Å². The highest BCUT2D eigenvalue weighted by molar-refractivity contribution is 6.03. The van der Waals surface area contributed by atoms with Gasteiger partial charge in [-0.2, -0.15) is 0 Å². The molecule has 0 aliphatic carbocycles. The van der Waals surface area contributed by atoms with E-state index in [0.29, 0.717) is 22.3 Å². The number of rotatable bonds is 6. The fraction of sp³-hybridized carbons (Fsp3) is 0.474. The first-order valence-corrected chi connectivity index (χ1v) is 8.73. The summed E-state index contributed by atoms with van der Waals surface area (Å²) in [6, 6.07) is 8.99. The monoisotopic (exact) mass is 327 g/mol. The van der Waals surface area contributed by atoms with Crippen LogP contribution in [0.25, 0.3) is 10.9 Å². The molecular formula is C19H25N3O2. The minimum atomic E-state index is -0.918. The van der Waals surface area contributed by atoms with Gasteiger partial charge in [0.25, 0.3) is 0 Å². The van der Waals surface area contributed by atoms with E-state index in [0.717, 1.165) is 25.4 Å². The topological polar surface area (TPSA) is 65.5 Å². The van der Waals surface area contributed by atoms with Crippen molar-refractivity contribution in [1.29, 1.82) is 0 Å². The quantitative estimate of drug-likeness (QED) is 0.795. The van der Waals surface area contributed by atoms with Crippen LogP contribution in [0.3, 0.4) is 0 Å².